The standard InChI is InChI=1S/C36H44F2N6O4/c1-5-10-44(11-6-2)36(47)28-18-26(17-27(19-28)35-41-9-12-48-35)34(46)42-32(16-25-13-29(37)20-30(38)14-25)33(45)22-39-21-31-15-24(7-8-40-31)23-43(3)4/h7-9,12-15,17-20,32-33,39,45H,5-6,10-11,16,21-23H2,1-4H3,(H,42,46)/t32-,33+/m0/s1. The molecule has 48 heavy (non-hydrogen) atoms. The van der Waals surface area contributed by atoms with Crippen molar-refractivity contribution in [3.8, 4) is 11.5 Å². The maximum atomic E-state index is 14.1. The summed E-state index contributed by atoms with van der Waals surface area (Å²) in [5.41, 5.74) is 2.97. The number of nitrogens with zero attached hydrogens (tertiary/aromatic N) is 4. The Bertz CT molecular complexity index is 1620. The minimum absolute atomic E-state index is 0.0470. The topological polar surface area (TPSA) is 124 Å². The number of carbonyl (C=O) groups is 2. The van der Waals surface area contributed by atoms with Gasteiger partial charge >= 0.3 is 0 Å². The van der Waals surface area contributed by atoms with Crippen molar-refractivity contribution in [2.45, 2.75) is 58.3 Å². The number of rotatable bonds is 17. The molecule has 3 N–H and O–H groups in total. The Balaban J connectivity index is 1.59. The number of benzene rings is 2. The zero-order chi connectivity index (χ0) is 34.6. The van der Waals surface area contributed by atoms with Crippen molar-refractivity contribution in [3.05, 3.63) is 107 Å². The van der Waals surface area contributed by atoms with E-state index in [9.17, 15) is 23.5 Å². The van der Waals surface area contributed by atoms with E-state index in [4.69, 9.17) is 4.42 Å². The highest BCUT2D eigenvalue weighted by atomic mass is 19.1. The lowest BCUT2D eigenvalue weighted by Crippen LogP contribution is -2.48. The predicted octanol–water partition coefficient (Wildman–Crippen LogP) is 4.83. The lowest BCUT2D eigenvalue weighted by Gasteiger charge is -2.25. The maximum absolute atomic E-state index is 14.1. The molecule has 0 bridgehead atoms. The highest BCUT2D eigenvalue weighted by molar-refractivity contribution is 6.01. The molecule has 10 nitrogen and oxygen atoms in total. The zero-order valence-corrected chi connectivity index (χ0v) is 27.9. The van der Waals surface area contributed by atoms with Crippen molar-refractivity contribution in [2.75, 3.05) is 33.7 Å². The highest BCUT2D eigenvalue weighted by Gasteiger charge is 2.25. The van der Waals surface area contributed by atoms with Gasteiger partial charge in [-0.1, -0.05) is 13.8 Å². The molecule has 0 aliphatic carbocycles. The first-order valence-corrected chi connectivity index (χ1v) is 16.1. The van der Waals surface area contributed by atoms with Crippen LogP contribution in [0.2, 0.25) is 0 Å². The smallest absolute Gasteiger partial charge is 0.253 e. The summed E-state index contributed by atoms with van der Waals surface area (Å²) in [5, 5.41) is 17.3. The van der Waals surface area contributed by atoms with Crippen molar-refractivity contribution in [1.29, 1.82) is 0 Å². The fourth-order valence-corrected chi connectivity index (χ4v) is 5.51. The van der Waals surface area contributed by atoms with Gasteiger partial charge in [-0.15, -0.1) is 0 Å². The van der Waals surface area contributed by atoms with Crippen LogP contribution in [0.15, 0.2) is 71.6 Å². The molecule has 2 atom stereocenters. The van der Waals surface area contributed by atoms with Crippen LogP contribution < -0.4 is 10.6 Å². The van der Waals surface area contributed by atoms with E-state index in [2.05, 4.69) is 20.6 Å². The lowest BCUT2D eigenvalue weighted by atomic mass is 9.99. The van der Waals surface area contributed by atoms with Gasteiger partial charge in [0, 0.05) is 61.7 Å². The van der Waals surface area contributed by atoms with Crippen molar-refractivity contribution >= 4 is 11.8 Å². The van der Waals surface area contributed by atoms with Crippen LogP contribution in [0.1, 0.15) is 64.2 Å². The summed E-state index contributed by atoms with van der Waals surface area (Å²) in [6, 6.07) is 10.7. The molecule has 0 aliphatic rings. The zero-order valence-electron chi connectivity index (χ0n) is 27.9. The van der Waals surface area contributed by atoms with Gasteiger partial charge in [-0.2, -0.15) is 0 Å². The van der Waals surface area contributed by atoms with E-state index >= 15 is 0 Å². The van der Waals surface area contributed by atoms with Gasteiger partial charge in [0.2, 0.25) is 5.89 Å². The summed E-state index contributed by atoms with van der Waals surface area (Å²) in [4.78, 5) is 39.8. The van der Waals surface area contributed by atoms with Crippen LogP contribution in [0, 0.1) is 11.6 Å². The molecule has 0 fully saturated rings. The average molecular weight is 663 g/mol. The van der Waals surface area contributed by atoms with Gasteiger partial charge in [0.05, 0.1) is 24.0 Å². The molecular formula is C36H44F2N6O4. The van der Waals surface area contributed by atoms with Gasteiger partial charge in [-0.3, -0.25) is 14.6 Å². The van der Waals surface area contributed by atoms with Gasteiger partial charge in [0.25, 0.3) is 11.8 Å². The molecule has 0 saturated carbocycles. The summed E-state index contributed by atoms with van der Waals surface area (Å²) in [7, 11) is 3.95. The highest BCUT2D eigenvalue weighted by Crippen LogP contribution is 2.23. The number of carbonyl (C=O) groups excluding carboxylic acids is 2. The van der Waals surface area contributed by atoms with E-state index in [1.807, 2.05) is 45.0 Å². The largest absolute Gasteiger partial charge is 0.445 e. The fourth-order valence-electron chi connectivity index (χ4n) is 5.51. The van der Waals surface area contributed by atoms with E-state index in [-0.39, 0.29) is 41.5 Å². The summed E-state index contributed by atoms with van der Waals surface area (Å²) in [5.74, 6) is -2.13. The van der Waals surface area contributed by atoms with Gasteiger partial charge in [0.15, 0.2) is 0 Å². The molecule has 2 aromatic heterocycles. The molecule has 2 aromatic carbocycles. The maximum Gasteiger partial charge on any atom is 0.253 e. The number of oxazole rings is 1. The Hall–Kier alpha value is -4.52. The summed E-state index contributed by atoms with van der Waals surface area (Å²) in [6.07, 6.45) is 4.90. The Kier molecular flexibility index (Phi) is 13.3. The molecule has 2 amide bonds. The number of halogens is 2. The van der Waals surface area contributed by atoms with E-state index in [0.29, 0.717) is 25.2 Å². The van der Waals surface area contributed by atoms with Crippen molar-refractivity contribution in [1.82, 2.24) is 30.4 Å². The van der Waals surface area contributed by atoms with Crippen molar-refractivity contribution < 1.29 is 27.9 Å². The Morgan fingerprint density at radius 1 is 0.917 bits per heavy atom. The van der Waals surface area contributed by atoms with Gasteiger partial charge in [-0.05, 0) is 86.9 Å². The molecule has 256 valence electrons. The minimum Gasteiger partial charge on any atom is -0.445 e. The molecule has 0 saturated heterocycles. The third-order valence-corrected chi connectivity index (χ3v) is 7.59. The molecule has 4 aromatic rings. The summed E-state index contributed by atoms with van der Waals surface area (Å²) in [6.45, 7) is 6.23. The van der Waals surface area contributed by atoms with E-state index in [1.165, 1.54) is 30.7 Å². The number of aliphatic hydroxyl groups excluding tert-OH is 1. The summed E-state index contributed by atoms with van der Waals surface area (Å²) < 4.78 is 33.7. The third kappa shape index (κ3) is 10.5. The van der Waals surface area contributed by atoms with E-state index in [0.717, 1.165) is 36.7 Å². The van der Waals surface area contributed by atoms with Crippen LogP contribution >= 0.6 is 0 Å². The molecule has 0 radical (unpaired) electrons. The Morgan fingerprint density at radius 2 is 1.62 bits per heavy atom. The molecule has 0 spiro atoms. The molecular weight excluding hydrogens is 618 g/mol. The Morgan fingerprint density at radius 3 is 2.27 bits per heavy atom. The summed E-state index contributed by atoms with van der Waals surface area (Å²) >= 11 is 0. The van der Waals surface area contributed by atoms with Gasteiger partial charge in [0.1, 0.15) is 17.9 Å². The number of pyridine rings is 1. The first kappa shape index (κ1) is 36.3. The van der Waals surface area contributed by atoms with Gasteiger partial charge in [-0.25, -0.2) is 13.8 Å². The molecule has 2 heterocycles. The van der Waals surface area contributed by atoms with E-state index in [1.54, 1.807) is 23.2 Å². The lowest BCUT2D eigenvalue weighted by molar-refractivity contribution is 0.0755. The first-order chi connectivity index (χ1) is 23.1. The number of hydrogen-bond donors (Lipinski definition) is 3. The second-order valence-corrected chi connectivity index (χ2v) is 12.1. The molecule has 12 heteroatoms. The van der Waals surface area contributed by atoms with Crippen LogP contribution in [0.5, 0.6) is 0 Å². The second kappa shape index (κ2) is 17.6. The van der Waals surface area contributed by atoms with Crippen LogP contribution in [-0.2, 0) is 19.5 Å². The first-order valence-electron chi connectivity index (χ1n) is 16.1. The molecule has 0 unspecified atom stereocenters. The third-order valence-electron chi connectivity index (χ3n) is 7.59. The quantitative estimate of drug-likeness (QED) is 0.147. The predicted molar refractivity (Wildman–Crippen MR) is 179 cm³/mol. The second-order valence-electron chi connectivity index (χ2n) is 12.1. The average Bonchev–Trinajstić information content (AvgIpc) is 3.59. The molecule has 0 aliphatic heterocycles. The number of aliphatic hydroxyl groups is 1. The number of aromatic nitrogens is 2. The minimum atomic E-state index is -1.16. The SMILES string of the molecule is CCCN(CCC)C(=O)c1cc(C(=O)N[C@@H](Cc2cc(F)cc(F)c2)[C@H](O)CNCc2cc(CN(C)C)ccn2)cc(-c2ncco2)c1. The normalized spacial score (nSPS) is 12.6. The Labute approximate surface area is 280 Å². The van der Waals surface area contributed by atoms with E-state index < -0.39 is 29.7 Å². The van der Waals surface area contributed by atoms with Gasteiger partial charge < -0.3 is 30.0 Å². The van der Waals surface area contributed by atoms with Crippen molar-refractivity contribution in [2.24, 2.45) is 0 Å². The monoisotopic (exact) mass is 662 g/mol. The van der Waals surface area contributed by atoms with Crippen LogP contribution in [0.3, 0.4) is 0 Å². The fraction of sp³-hybridized carbons (Fsp3) is 0.389. The van der Waals surface area contributed by atoms with Crippen LogP contribution in [0.25, 0.3) is 11.5 Å². The van der Waals surface area contributed by atoms with Crippen LogP contribution in [-0.4, -0.2) is 82.6 Å². The molecule has 4 rings (SSSR count). The number of hydrogen-bond acceptors (Lipinski definition) is 8. The number of amides is 2. The number of nitrogens with one attached hydrogen (secondary N) is 2. The van der Waals surface area contributed by atoms with Crippen LogP contribution in [0.4, 0.5) is 8.78 Å². The van der Waals surface area contributed by atoms with Crippen molar-refractivity contribution in [3.63, 3.8) is 0 Å².